The van der Waals surface area contributed by atoms with Crippen LogP contribution in [0.1, 0.15) is 17.6 Å². The van der Waals surface area contributed by atoms with E-state index in [1.807, 2.05) is 24.3 Å². The van der Waals surface area contributed by atoms with Crippen molar-refractivity contribution in [3.63, 3.8) is 0 Å². The number of nitrogens with one attached hydrogen (secondary N) is 1. The largest absolute Gasteiger partial charge is 0.380 e. The summed E-state index contributed by atoms with van der Waals surface area (Å²) in [5.41, 5.74) is 2.10. The summed E-state index contributed by atoms with van der Waals surface area (Å²) in [6.45, 7) is 0.629. The molecule has 0 saturated heterocycles. The highest BCUT2D eigenvalue weighted by Gasteiger charge is 2.05. The third kappa shape index (κ3) is 3.41. The van der Waals surface area contributed by atoms with Crippen LogP contribution in [-0.2, 0) is 6.54 Å². The highest BCUT2D eigenvalue weighted by Crippen LogP contribution is 2.20. The van der Waals surface area contributed by atoms with Gasteiger partial charge in [0.1, 0.15) is 0 Å². The van der Waals surface area contributed by atoms with Crippen molar-refractivity contribution in [3.05, 3.63) is 63.2 Å². The molecule has 2 aromatic carbocycles. The standard InChI is InChI=1S/C14H12F2IN/c15-14(16)11-7-5-10(6-8-11)9-18-13-4-2-1-3-12(13)17/h1-8,14,18H,9H2. The minimum absolute atomic E-state index is 0.0630. The average molecular weight is 359 g/mol. The zero-order valence-electron chi connectivity index (χ0n) is 9.54. The van der Waals surface area contributed by atoms with Crippen molar-refractivity contribution in [1.29, 1.82) is 0 Å². The van der Waals surface area contributed by atoms with Crippen molar-refractivity contribution < 1.29 is 8.78 Å². The molecule has 0 aliphatic carbocycles. The van der Waals surface area contributed by atoms with Crippen molar-refractivity contribution >= 4 is 28.3 Å². The fourth-order valence-corrected chi connectivity index (χ4v) is 2.16. The van der Waals surface area contributed by atoms with E-state index in [0.717, 1.165) is 14.8 Å². The number of anilines is 1. The van der Waals surface area contributed by atoms with Crippen LogP contribution in [0.15, 0.2) is 48.5 Å². The molecular weight excluding hydrogens is 347 g/mol. The van der Waals surface area contributed by atoms with Crippen molar-refractivity contribution in [2.75, 3.05) is 5.32 Å². The summed E-state index contributed by atoms with van der Waals surface area (Å²) in [4.78, 5) is 0. The van der Waals surface area contributed by atoms with Crippen molar-refractivity contribution in [2.45, 2.75) is 13.0 Å². The van der Waals surface area contributed by atoms with E-state index in [1.165, 1.54) is 12.1 Å². The van der Waals surface area contributed by atoms with Crippen molar-refractivity contribution in [1.82, 2.24) is 0 Å². The van der Waals surface area contributed by atoms with Crippen LogP contribution in [0.3, 0.4) is 0 Å². The molecule has 0 aliphatic rings. The second-order valence-electron chi connectivity index (χ2n) is 3.88. The van der Waals surface area contributed by atoms with E-state index in [-0.39, 0.29) is 5.56 Å². The molecule has 1 N–H and O–H groups in total. The molecule has 0 unspecified atom stereocenters. The fraction of sp³-hybridized carbons (Fsp3) is 0.143. The Labute approximate surface area is 118 Å². The Morgan fingerprint density at radius 1 is 1.00 bits per heavy atom. The predicted octanol–water partition coefficient (Wildman–Crippen LogP) is 4.84. The molecule has 0 heterocycles. The summed E-state index contributed by atoms with van der Waals surface area (Å²) >= 11 is 2.26. The maximum atomic E-state index is 12.4. The second kappa shape index (κ2) is 6.13. The second-order valence-corrected chi connectivity index (χ2v) is 5.04. The smallest absolute Gasteiger partial charge is 0.263 e. The highest BCUT2D eigenvalue weighted by atomic mass is 127. The molecular formula is C14H12F2IN. The van der Waals surface area contributed by atoms with E-state index in [9.17, 15) is 8.78 Å². The molecule has 2 rings (SSSR count). The van der Waals surface area contributed by atoms with Crippen molar-refractivity contribution in [3.8, 4) is 0 Å². The van der Waals surface area contributed by atoms with Crippen molar-refractivity contribution in [2.24, 2.45) is 0 Å². The van der Waals surface area contributed by atoms with Crippen LogP contribution in [0.25, 0.3) is 0 Å². The maximum absolute atomic E-state index is 12.4. The number of halogens is 3. The first-order valence-corrected chi connectivity index (χ1v) is 6.60. The normalized spacial score (nSPS) is 10.7. The first-order chi connectivity index (χ1) is 8.66. The van der Waals surface area contributed by atoms with Crippen LogP contribution in [0.4, 0.5) is 14.5 Å². The van der Waals surface area contributed by atoms with Gasteiger partial charge < -0.3 is 5.32 Å². The van der Waals surface area contributed by atoms with Gasteiger partial charge in [0.05, 0.1) is 0 Å². The van der Waals surface area contributed by atoms with Gasteiger partial charge >= 0.3 is 0 Å². The van der Waals surface area contributed by atoms with Gasteiger partial charge in [-0.25, -0.2) is 8.78 Å². The Kier molecular flexibility index (Phi) is 4.52. The lowest BCUT2D eigenvalue weighted by atomic mass is 10.1. The van der Waals surface area contributed by atoms with Gasteiger partial charge in [-0.1, -0.05) is 36.4 Å². The number of rotatable bonds is 4. The molecule has 0 spiro atoms. The topological polar surface area (TPSA) is 12.0 Å². The molecule has 1 nitrogen and oxygen atoms in total. The molecule has 0 aromatic heterocycles. The van der Waals surface area contributed by atoms with Gasteiger partial charge in [0, 0.05) is 21.4 Å². The first kappa shape index (κ1) is 13.3. The summed E-state index contributed by atoms with van der Waals surface area (Å²) in [5, 5.41) is 3.28. The van der Waals surface area contributed by atoms with Gasteiger partial charge in [0.25, 0.3) is 6.43 Å². The monoisotopic (exact) mass is 359 g/mol. The average Bonchev–Trinajstić information content (AvgIpc) is 2.38. The quantitative estimate of drug-likeness (QED) is 0.771. The van der Waals surface area contributed by atoms with Crippen LogP contribution >= 0.6 is 22.6 Å². The fourth-order valence-electron chi connectivity index (χ4n) is 1.58. The molecule has 0 amide bonds. The van der Waals surface area contributed by atoms with E-state index in [2.05, 4.69) is 27.9 Å². The van der Waals surface area contributed by atoms with Gasteiger partial charge in [-0.15, -0.1) is 0 Å². The summed E-state index contributed by atoms with van der Waals surface area (Å²) in [7, 11) is 0. The lowest BCUT2D eigenvalue weighted by molar-refractivity contribution is 0.151. The zero-order valence-corrected chi connectivity index (χ0v) is 11.7. The van der Waals surface area contributed by atoms with Gasteiger partial charge in [-0.2, -0.15) is 0 Å². The third-order valence-electron chi connectivity index (χ3n) is 2.59. The number of hydrogen-bond donors (Lipinski definition) is 1. The van der Waals surface area contributed by atoms with Crippen LogP contribution in [0, 0.1) is 3.57 Å². The van der Waals surface area contributed by atoms with Crippen LogP contribution in [0.2, 0.25) is 0 Å². The van der Waals surface area contributed by atoms with Crippen LogP contribution < -0.4 is 5.32 Å². The predicted molar refractivity (Wildman–Crippen MR) is 77.9 cm³/mol. The molecule has 0 fully saturated rings. The molecule has 18 heavy (non-hydrogen) atoms. The highest BCUT2D eigenvalue weighted by molar-refractivity contribution is 14.1. The first-order valence-electron chi connectivity index (χ1n) is 5.52. The number of para-hydroxylation sites is 1. The lowest BCUT2D eigenvalue weighted by Gasteiger charge is -2.09. The molecule has 0 atom stereocenters. The summed E-state index contributed by atoms with van der Waals surface area (Å²) in [5.74, 6) is 0. The lowest BCUT2D eigenvalue weighted by Crippen LogP contribution is -2.00. The molecule has 0 bridgehead atoms. The maximum Gasteiger partial charge on any atom is 0.263 e. The third-order valence-corrected chi connectivity index (χ3v) is 3.53. The van der Waals surface area contributed by atoms with Gasteiger partial charge in [0.15, 0.2) is 0 Å². The Bertz CT molecular complexity index is 511. The van der Waals surface area contributed by atoms with E-state index in [1.54, 1.807) is 12.1 Å². The summed E-state index contributed by atoms with van der Waals surface area (Å²) < 4.78 is 25.9. The molecule has 94 valence electrons. The number of hydrogen-bond acceptors (Lipinski definition) is 1. The Morgan fingerprint density at radius 3 is 2.28 bits per heavy atom. The van der Waals surface area contributed by atoms with E-state index >= 15 is 0 Å². The zero-order chi connectivity index (χ0) is 13.0. The van der Waals surface area contributed by atoms with Crippen LogP contribution in [0.5, 0.6) is 0 Å². The van der Waals surface area contributed by atoms with Gasteiger partial charge in [0.2, 0.25) is 0 Å². The SMILES string of the molecule is FC(F)c1ccc(CNc2ccccc2I)cc1. The van der Waals surface area contributed by atoms with E-state index in [0.29, 0.717) is 6.54 Å². The summed E-state index contributed by atoms with van der Waals surface area (Å²) in [6, 6.07) is 14.3. The number of alkyl halides is 2. The molecule has 0 saturated carbocycles. The minimum atomic E-state index is -2.40. The Hall–Kier alpha value is -1.17. The molecule has 2 aromatic rings. The molecule has 0 radical (unpaired) electrons. The van der Waals surface area contributed by atoms with E-state index < -0.39 is 6.43 Å². The minimum Gasteiger partial charge on any atom is -0.380 e. The van der Waals surface area contributed by atoms with Gasteiger partial charge in [-0.05, 0) is 40.3 Å². The van der Waals surface area contributed by atoms with Gasteiger partial charge in [-0.3, -0.25) is 0 Å². The molecule has 0 aliphatic heterocycles. The molecule has 4 heteroatoms. The Morgan fingerprint density at radius 2 is 1.67 bits per heavy atom. The Balaban J connectivity index is 2.00. The van der Waals surface area contributed by atoms with Crippen LogP contribution in [-0.4, -0.2) is 0 Å². The summed E-state index contributed by atoms with van der Waals surface area (Å²) in [6.07, 6.45) is -2.40. The number of benzene rings is 2. The van der Waals surface area contributed by atoms with E-state index in [4.69, 9.17) is 0 Å².